The van der Waals surface area contributed by atoms with Gasteiger partial charge in [0.05, 0.1) is 5.92 Å². The van der Waals surface area contributed by atoms with Gasteiger partial charge in [-0.2, -0.15) is 0 Å². The molecule has 2 unspecified atom stereocenters. The van der Waals surface area contributed by atoms with Gasteiger partial charge in [-0.25, -0.2) is 0 Å². The van der Waals surface area contributed by atoms with E-state index in [1.807, 2.05) is 13.0 Å². The van der Waals surface area contributed by atoms with Crippen LogP contribution in [0.1, 0.15) is 32.6 Å². The summed E-state index contributed by atoms with van der Waals surface area (Å²) in [4.78, 5) is 12.2. The summed E-state index contributed by atoms with van der Waals surface area (Å²) in [5, 5.41) is 14.3. The second kappa shape index (κ2) is 5.65. The summed E-state index contributed by atoms with van der Waals surface area (Å²) in [6.45, 7) is 8.78. The van der Waals surface area contributed by atoms with Crippen molar-refractivity contribution in [3.05, 3.63) is 22.4 Å². The van der Waals surface area contributed by atoms with Crippen LogP contribution >= 0.6 is 11.3 Å². The lowest BCUT2D eigenvalue weighted by Crippen LogP contribution is -2.42. The quantitative estimate of drug-likeness (QED) is 0.821. The Morgan fingerprint density at radius 1 is 1.53 bits per heavy atom. The molecule has 3 nitrogen and oxygen atoms in total. The standard InChI is InChI=1S/C13H21NO2S/c1-9(12(15)16)10(2)14-8-13(3,4)11-6-5-7-17-11/h5-7,9-10,14H,8H2,1-4H3,(H,15,16). The van der Waals surface area contributed by atoms with Gasteiger partial charge < -0.3 is 10.4 Å². The SMILES string of the molecule is CC(NCC(C)(C)c1cccs1)C(C)C(=O)O. The highest BCUT2D eigenvalue weighted by molar-refractivity contribution is 7.10. The fraction of sp³-hybridized carbons (Fsp3) is 0.615. The van der Waals surface area contributed by atoms with Crippen molar-refractivity contribution in [1.82, 2.24) is 5.32 Å². The Kier molecular flexibility index (Phi) is 4.71. The first-order valence-electron chi connectivity index (χ1n) is 5.85. The predicted molar refractivity (Wildman–Crippen MR) is 71.6 cm³/mol. The largest absolute Gasteiger partial charge is 0.481 e. The molecular formula is C13H21NO2S. The molecule has 0 spiro atoms. The minimum atomic E-state index is -0.751. The lowest BCUT2D eigenvalue weighted by Gasteiger charge is -2.27. The molecule has 0 aliphatic carbocycles. The van der Waals surface area contributed by atoms with E-state index < -0.39 is 5.97 Å². The Morgan fingerprint density at radius 2 is 2.18 bits per heavy atom. The highest BCUT2D eigenvalue weighted by Gasteiger charge is 2.25. The smallest absolute Gasteiger partial charge is 0.307 e. The van der Waals surface area contributed by atoms with Gasteiger partial charge in [0.25, 0.3) is 0 Å². The number of nitrogens with one attached hydrogen (secondary N) is 1. The monoisotopic (exact) mass is 255 g/mol. The molecule has 0 saturated carbocycles. The molecule has 0 fully saturated rings. The van der Waals surface area contributed by atoms with Gasteiger partial charge in [-0.1, -0.05) is 26.8 Å². The molecule has 0 bridgehead atoms. The Morgan fingerprint density at radius 3 is 2.65 bits per heavy atom. The van der Waals surface area contributed by atoms with Crippen LogP contribution in [0.25, 0.3) is 0 Å². The fourth-order valence-corrected chi connectivity index (χ4v) is 2.41. The number of thiophene rings is 1. The topological polar surface area (TPSA) is 49.3 Å². The van der Waals surface area contributed by atoms with Gasteiger partial charge in [0.15, 0.2) is 0 Å². The van der Waals surface area contributed by atoms with Crippen molar-refractivity contribution in [2.75, 3.05) is 6.54 Å². The lowest BCUT2D eigenvalue weighted by molar-refractivity contribution is -0.141. The van der Waals surface area contributed by atoms with Crippen LogP contribution in [0.2, 0.25) is 0 Å². The van der Waals surface area contributed by atoms with Crippen molar-refractivity contribution >= 4 is 17.3 Å². The number of aliphatic carboxylic acids is 1. The van der Waals surface area contributed by atoms with Gasteiger partial charge in [-0.15, -0.1) is 11.3 Å². The van der Waals surface area contributed by atoms with Crippen LogP contribution in [0.5, 0.6) is 0 Å². The summed E-state index contributed by atoms with van der Waals surface area (Å²) in [5.41, 5.74) is 0.0423. The van der Waals surface area contributed by atoms with E-state index in [1.54, 1.807) is 18.3 Å². The molecule has 0 radical (unpaired) electrons. The molecule has 0 aliphatic rings. The van der Waals surface area contributed by atoms with Crippen molar-refractivity contribution in [3.63, 3.8) is 0 Å². The fourth-order valence-electron chi connectivity index (χ4n) is 1.56. The maximum absolute atomic E-state index is 10.9. The van der Waals surface area contributed by atoms with Gasteiger partial charge in [0, 0.05) is 22.9 Å². The minimum Gasteiger partial charge on any atom is -0.481 e. The van der Waals surface area contributed by atoms with E-state index in [1.165, 1.54) is 4.88 Å². The van der Waals surface area contributed by atoms with Crippen molar-refractivity contribution in [3.8, 4) is 0 Å². The van der Waals surface area contributed by atoms with Crippen LogP contribution in [0.15, 0.2) is 17.5 Å². The van der Waals surface area contributed by atoms with Gasteiger partial charge in [0.1, 0.15) is 0 Å². The third-order valence-corrected chi connectivity index (χ3v) is 4.43. The molecule has 1 aromatic heterocycles. The summed E-state index contributed by atoms with van der Waals surface area (Å²) in [7, 11) is 0. The minimum absolute atomic E-state index is 0.0215. The van der Waals surface area contributed by atoms with Gasteiger partial charge in [0.2, 0.25) is 0 Å². The van der Waals surface area contributed by atoms with E-state index in [2.05, 4.69) is 30.6 Å². The number of carboxylic acids is 1. The summed E-state index contributed by atoms with van der Waals surface area (Å²) in [5.74, 6) is -1.12. The van der Waals surface area contributed by atoms with E-state index in [0.29, 0.717) is 0 Å². The highest BCUT2D eigenvalue weighted by atomic mass is 32.1. The van der Waals surface area contributed by atoms with E-state index in [-0.39, 0.29) is 17.4 Å². The number of carbonyl (C=O) groups is 1. The first-order valence-corrected chi connectivity index (χ1v) is 6.73. The van der Waals surface area contributed by atoms with Crippen LogP contribution in [-0.4, -0.2) is 23.7 Å². The second-order valence-corrected chi connectivity index (χ2v) is 6.11. The molecule has 0 saturated heterocycles. The van der Waals surface area contributed by atoms with Gasteiger partial charge >= 0.3 is 5.97 Å². The normalized spacial score (nSPS) is 15.5. The highest BCUT2D eigenvalue weighted by Crippen LogP contribution is 2.26. The summed E-state index contributed by atoms with van der Waals surface area (Å²) >= 11 is 1.74. The molecular weight excluding hydrogens is 234 g/mol. The van der Waals surface area contributed by atoms with Crippen LogP contribution < -0.4 is 5.32 Å². The summed E-state index contributed by atoms with van der Waals surface area (Å²) < 4.78 is 0. The molecule has 4 heteroatoms. The molecule has 2 atom stereocenters. The molecule has 1 heterocycles. The van der Waals surface area contributed by atoms with Crippen molar-refractivity contribution in [2.45, 2.75) is 39.2 Å². The molecule has 0 aliphatic heterocycles. The molecule has 96 valence electrons. The van der Waals surface area contributed by atoms with Crippen molar-refractivity contribution in [2.24, 2.45) is 5.92 Å². The number of rotatable bonds is 6. The maximum Gasteiger partial charge on any atom is 0.307 e. The first-order chi connectivity index (χ1) is 7.84. The van der Waals surface area contributed by atoms with Crippen molar-refractivity contribution in [1.29, 1.82) is 0 Å². The Labute approximate surface area is 107 Å². The summed E-state index contributed by atoms with van der Waals surface area (Å²) in [6.07, 6.45) is 0. The molecule has 17 heavy (non-hydrogen) atoms. The molecule has 0 amide bonds. The van der Waals surface area contributed by atoms with E-state index >= 15 is 0 Å². The molecule has 1 rings (SSSR count). The van der Waals surface area contributed by atoms with Crippen LogP contribution in [0.3, 0.4) is 0 Å². The van der Waals surface area contributed by atoms with Gasteiger partial charge in [-0.3, -0.25) is 4.79 Å². The second-order valence-electron chi connectivity index (χ2n) is 5.16. The maximum atomic E-state index is 10.9. The average molecular weight is 255 g/mol. The Balaban J connectivity index is 2.53. The Bertz CT molecular complexity index is 360. The van der Waals surface area contributed by atoms with E-state index in [9.17, 15) is 4.79 Å². The molecule has 1 aromatic rings. The summed E-state index contributed by atoms with van der Waals surface area (Å²) in [6, 6.07) is 4.15. The van der Waals surface area contributed by atoms with Gasteiger partial charge in [-0.05, 0) is 18.4 Å². The van der Waals surface area contributed by atoms with Crippen LogP contribution in [-0.2, 0) is 10.2 Å². The Hall–Kier alpha value is -0.870. The lowest BCUT2D eigenvalue weighted by atomic mass is 9.90. The van der Waals surface area contributed by atoms with Crippen molar-refractivity contribution < 1.29 is 9.90 Å². The zero-order valence-electron chi connectivity index (χ0n) is 10.9. The third kappa shape index (κ3) is 3.82. The molecule has 2 N–H and O–H groups in total. The first kappa shape index (κ1) is 14.2. The average Bonchev–Trinajstić information content (AvgIpc) is 2.78. The number of hydrogen-bond donors (Lipinski definition) is 2. The van der Waals surface area contributed by atoms with Crippen LogP contribution in [0, 0.1) is 5.92 Å². The zero-order valence-corrected chi connectivity index (χ0v) is 11.7. The number of hydrogen-bond acceptors (Lipinski definition) is 3. The molecule has 0 aromatic carbocycles. The van der Waals surface area contributed by atoms with E-state index in [4.69, 9.17) is 5.11 Å². The van der Waals surface area contributed by atoms with Crippen LogP contribution in [0.4, 0.5) is 0 Å². The predicted octanol–water partition coefficient (Wildman–Crippen LogP) is 2.72. The third-order valence-electron chi connectivity index (χ3n) is 3.19. The number of carboxylic acid groups (broad SMARTS) is 1. The van der Waals surface area contributed by atoms with E-state index in [0.717, 1.165) is 6.54 Å². The zero-order chi connectivity index (χ0) is 13.1.